The van der Waals surface area contributed by atoms with Gasteiger partial charge < -0.3 is 28.5 Å². The third-order valence-corrected chi connectivity index (χ3v) is 13.4. The quantitative estimate of drug-likeness (QED) is 0.0211. The number of quaternary nitrogens is 1. The maximum Gasteiger partial charge on any atom is 0.361 e. The van der Waals surface area contributed by atoms with Gasteiger partial charge in [0.05, 0.1) is 34.4 Å². The molecule has 0 aromatic rings. The zero-order valence-corrected chi connectivity index (χ0v) is 49.9. The number of likely N-dealkylation sites (N-methyl/N-ethyl adjacent to an activating group) is 1. The van der Waals surface area contributed by atoms with Gasteiger partial charge in [-0.25, -0.2) is 4.79 Å². The topological polar surface area (TPSA) is 108 Å². The molecule has 1 N–H and O–H groups in total. The van der Waals surface area contributed by atoms with Gasteiger partial charge in [-0.2, -0.15) is 0 Å². The molecular weight excluding hydrogens is 947 g/mol. The number of esters is 2. The van der Waals surface area contributed by atoms with Crippen LogP contribution in [-0.4, -0.2) is 87.4 Å². The minimum absolute atomic E-state index is 0.185. The molecule has 76 heavy (non-hydrogen) atoms. The molecule has 0 bridgehead atoms. The largest absolute Gasteiger partial charge is 0.477 e. The van der Waals surface area contributed by atoms with Crippen LogP contribution in [0.5, 0.6) is 0 Å². The molecular formula is C67H118NO8+. The Morgan fingerprint density at radius 3 is 1.13 bits per heavy atom. The summed E-state index contributed by atoms with van der Waals surface area (Å²) in [5.74, 6) is -2.01. The number of hydrogen-bond acceptors (Lipinski definition) is 7. The number of carboxylic acids is 1. The van der Waals surface area contributed by atoms with Gasteiger partial charge >= 0.3 is 17.9 Å². The molecule has 438 valence electrons. The molecule has 0 aliphatic rings. The minimum Gasteiger partial charge on any atom is -0.477 e. The molecule has 9 heteroatoms. The van der Waals surface area contributed by atoms with Crippen molar-refractivity contribution >= 4 is 17.9 Å². The number of carbonyl (C=O) groups is 3. The maximum atomic E-state index is 12.9. The van der Waals surface area contributed by atoms with Crippen LogP contribution >= 0.6 is 0 Å². The molecule has 0 rings (SSSR count). The van der Waals surface area contributed by atoms with E-state index in [1.165, 1.54) is 141 Å². The van der Waals surface area contributed by atoms with Crippen LogP contribution in [0, 0.1) is 0 Å². The molecule has 0 fully saturated rings. The van der Waals surface area contributed by atoms with Crippen molar-refractivity contribution in [2.45, 2.75) is 277 Å². The summed E-state index contributed by atoms with van der Waals surface area (Å²) in [6, 6.07) is 0. The second kappa shape index (κ2) is 57.6. The van der Waals surface area contributed by atoms with Crippen molar-refractivity contribution in [3.05, 3.63) is 85.1 Å². The highest BCUT2D eigenvalue weighted by atomic mass is 16.7. The fourth-order valence-electron chi connectivity index (χ4n) is 8.60. The molecule has 0 radical (unpaired) electrons. The molecule has 2 atom stereocenters. The average molecular weight is 1070 g/mol. The van der Waals surface area contributed by atoms with Gasteiger partial charge in [0.15, 0.2) is 6.10 Å². The molecule has 0 aromatic carbocycles. The maximum absolute atomic E-state index is 12.9. The zero-order valence-electron chi connectivity index (χ0n) is 49.9. The molecule has 0 spiro atoms. The summed E-state index contributed by atoms with van der Waals surface area (Å²) in [6.45, 7) is 4.77. The lowest BCUT2D eigenvalue weighted by Gasteiger charge is -2.25. The van der Waals surface area contributed by atoms with Crippen molar-refractivity contribution in [2.24, 2.45) is 0 Å². The number of hydrogen-bond donors (Lipinski definition) is 1. The van der Waals surface area contributed by atoms with Crippen molar-refractivity contribution in [1.82, 2.24) is 0 Å². The Morgan fingerprint density at radius 2 is 0.750 bits per heavy atom. The molecule has 9 nitrogen and oxygen atoms in total. The van der Waals surface area contributed by atoms with E-state index in [4.69, 9.17) is 18.9 Å². The number of nitrogens with zero attached hydrogens (tertiary/aromatic N) is 1. The van der Waals surface area contributed by atoms with Gasteiger partial charge in [-0.3, -0.25) is 9.59 Å². The van der Waals surface area contributed by atoms with E-state index < -0.39 is 24.3 Å². The van der Waals surface area contributed by atoms with E-state index in [9.17, 15) is 19.5 Å². The van der Waals surface area contributed by atoms with Gasteiger partial charge in [-0.15, -0.1) is 0 Å². The van der Waals surface area contributed by atoms with Gasteiger partial charge in [0.25, 0.3) is 6.29 Å². The summed E-state index contributed by atoms with van der Waals surface area (Å²) in [7, 11) is 5.97. The Labute approximate surface area is 468 Å². The molecule has 0 aromatic heterocycles. The summed E-state index contributed by atoms with van der Waals surface area (Å²) in [6.07, 6.45) is 73.9. The van der Waals surface area contributed by atoms with Crippen LogP contribution in [-0.2, 0) is 33.3 Å². The standard InChI is InChI=1S/C67H117NO8/c1-6-8-10-12-14-16-18-20-22-24-25-26-27-28-29-30-31-32-33-34-35-36-37-38-39-40-41-42-44-46-48-50-52-54-56-58-65(70)76-63(62-75-67(66(71)72)73-60-59-68(3,4)5)61-74-64(69)57-55-53-51-49-47-45-43-23-21-19-17-15-13-11-9-7-2/h8,10,14,16,20,22-23,25-26,28-29,31-32,43,63,67H,6-7,9,11-13,15,17-19,21,24,27,30,33-42,44-62H2,1-5H3/p+1/b10-8-,16-14-,22-20-,26-25-,29-28-,32-31-,43-23-. The van der Waals surface area contributed by atoms with Crippen LogP contribution in [0.2, 0.25) is 0 Å². The number of carbonyl (C=O) groups excluding carboxylic acids is 2. The molecule has 0 heterocycles. The zero-order chi connectivity index (χ0) is 55.5. The smallest absolute Gasteiger partial charge is 0.361 e. The second-order valence-corrected chi connectivity index (χ2v) is 22.0. The molecule has 0 aliphatic carbocycles. The number of ether oxygens (including phenoxy) is 4. The Morgan fingerprint density at radius 1 is 0.408 bits per heavy atom. The van der Waals surface area contributed by atoms with Gasteiger partial charge in [0, 0.05) is 12.8 Å². The van der Waals surface area contributed by atoms with Gasteiger partial charge in [0.1, 0.15) is 13.2 Å². The predicted octanol–water partition coefficient (Wildman–Crippen LogP) is 18.7. The first-order valence-corrected chi connectivity index (χ1v) is 31.3. The highest BCUT2D eigenvalue weighted by molar-refractivity contribution is 5.71. The van der Waals surface area contributed by atoms with Gasteiger partial charge in [0.2, 0.25) is 0 Å². The van der Waals surface area contributed by atoms with Crippen molar-refractivity contribution in [2.75, 3.05) is 47.5 Å². The third kappa shape index (κ3) is 58.2. The highest BCUT2D eigenvalue weighted by Crippen LogP contribution is 2.16. The van der Waals surface area contributed by atoms with Gasteiger partial charge in [-0.05, 0) is 89.9 Å². The van der Waals surface area contributed by atoms with Crippen molar-refractivity contribution in [3.63, 3.8) is 0 Å². The highest BCUT2D eigenvalue weighted by Gasteiger charge is 2.25. The summed E-state index contributed by atoms with van der Waals surface area (Å²) in [5, 5.41) is 9.71. The lowest BCUT2D eigenvalue weighted by Crippen LogP contribution is -2.40. The Bertz CT molecular complexity index is 1520. The molecule has 0 amide bonds. The lowest BCUT2D eigenvalue weighted by atomic mass is 10.0. The molecule has 0 aliphatic heterocycles. The second-order valence-electron chi connectivity index (χ2n) is 22.0. The Balaban J connectivity index is 4.11. The first-order valence-electron chi connectivity index (χ1n) is 31.3. The van der Waals surface area contributed by atoms with Crippen molar-refractivity contribution < 1.29 is 42.9 Å². The van der Waals surface area contributed by atoms with Crippen molar-refractivity contribution in [1.29, 1.82) is 0 Å². The Hall–Kier alpha value is -3.53. The fourth-order valence-corrected chi connectivity index (χ4v) is 8.60. The average Bonchev–Trinajstić information content (AvgIpc) is 3.39. The molecule has 0 saturated carbocycles. The van der Waals surface area contributed by atoms with E-state index in [0.717, 1.165) is 96.3 Å². The van der Waals surface area contributed by atoms with E-state index in [1.54, 1.807) is 0 Å². The molecule has 2 unspecified atom stereocenters. The number of rotatable bonds is 57. The van der Waals surface area contributed by atoms with Crippen LogP contribution in [0.3, 0.4) is 0 Å². The van der Waals surface area contributed by atoms with Crippen LogP contribution in [0.15, 0.2) is 85.1 Å². The van der Waals surface area contributed by atoms with Gasteiger partial charge in [-0.1, -0.05) is 247 Å². The minimum atomic E-state index is -1.51. The van der Waals surface area contributed by atoms with Crippen LogP contribution in [0.25, 0.3) is 0 Å². The number of allylic oxidation sites excluding steroid dienone is 14. The van der Waals surface area contributed by atoms with E-state index in [0.29, 0.717) is 17.4 Å². The van der Waals surface area contributed by atoms with Crippen LogP contribution in [0.1, 0.15) is 264 Å². The summed E-state index contributed by atoms with van der Waals surface area (Å²) < 4.78 is 22.9. The number of aliphatic carboxylic acids is 1. The SMILES string of the molecule is CC/C=C\C/C=C\C/C=C\C/C=C\C/C=C\C/C=C\CCCCCCCCCCCCCCCCCCC(=O)OC(COC(=O)CCCCCCC/C=C\CCCCCCCCC)COC(OCC[N+](C)(C)C)C(=O)O. The summed E-state index contributed by atoms with van der Waals surface area (Å²) >= 11 is 0. The van der Waals surface area contributed by atoms with E-state index in [2.05, 4.69) is 98.9 Å². The van der Waals surface area contributed by atoms with Crippen molar-refractivity contribution in [3.8, 4) is 0 Å². The normalized spacial score (nSPS) is 13.3. The first kappa shape index (κ1) is 72.5. The van der Waals surface area contributed by atoms with E-state index in [-0.39, 0.29) is 32.2 Å². The van der Waals surface area contributed by atoms with Crippen LogP contribution < -0.4 is 0 Å². The third-order valence-electron chi connectivity index (χ3n) is 13.4. The lowest BCUT2D eigenvalue weighted by molar-refractivity contribution is -0.870. The fraction of sp³-hybridized carbons (Fsp3) is 0.746. The first-order chi connectivity index (χ1) is 37.1. The summed E-state index contributed by atoms with van der Waals surface area (Å²) in [4.78, 5) is 37.4. The summed E-state index contributed by atoms with van der Waals surface area (Å²) in [5.41, 5.74) is 0. The Kier molecular flexibility index (Phi) is 55.0. The van der Waals surface area contributed by atoms with E-state index >= 15 is 0 Å². The van der Waals surface area contributed by atoms with E-state index in [1.807, 2.05) is 21.1 Å². The molecule has 0 saturated heterocycles. The monoisotopic (exact) mass is 1060 g/mol. The van der Waals surface area contributed by atoms with Crippen LogP contribution in [0.4, 0.5) is 0 Å². The number of unbranched alkanes of at least 4 members (excludes halogenated alkanes) is 28. The predicted molar refractivity (Wildman–Crippen MR) is 322 cm³/mol. The number of carboxylic acid groups (broad SMARTS) is 1.